The van der Waals surface area contributed by atoms with Crippen molar-refractivity contribution >= 4 is 11.6 Å². The highest BCUT2D eigenvalue weighted by Gasteiger charge is 2.23. The molecule has 3 heteroatoms. The molecule has 1 N–H and O–H groups in total. The first-order chi connectivity index (χ1) is 8.66. The predicted octanol–water partition coefficient (Wildman–Crippen LogP) is 3.81. The fourth-order valence-electron chi connectivity index (χ4n) is 1.86. The number of benzene rings is 1. The summed E-state index contributed by atoms with van der Waals surface area (Å²) in [4.78, 5) is 0. The number of nitrogens with one attached hydrogen (secondary N) is 1. The van der Waals surface area contributed by atoms with Crippen molar-refractivity contribution < 1.29 is 4.74 Å². The minimum Gasteiger partial charge on any atom is -0.372 e. The van der Waals surface area contributed by atoms with Crippen molar-refractivity contribution in [3.63, 3.8) is 0 Å². The van der Waals surface area contributed by atoms with E-state index in [1.165, 1.54) is 12.8 Å². The van der Waals surface area contributed by atoms with E-state index >= 15 is 0 Å². The zero-order valence-electron chi connectivity index (χ0n) is 11.2. The van der Waals surface area contributed by atoms with Crippen molar-refractivity contribution in [2.75, 3.05) is 13.2 Å². The van der Waals surface area contributed by atoms with Gasteiger partial charge in [0.25, 0.3) is 0 Å². The Bertz CT molecular complexity index is 371. The topological polar surface area (TPSA) is 21.3 Å². The van der Waals surface area contributed by atoms with Crippen LogP contribution >= 0.6 is 11.6 Å². The second-order valence-corrected chi connectivity index (χ2v) is 5.83. The molecule has 1 saturated carbocycles. The Labute approximate surface area is 115 Å². The molecule has 0 saturated heterocycles. The maximum absolute atomic E-state index is 6.26. The molecule has 1 aliphatic carbocycles. The van der Waals surface area contributed by atoms with Gasteiger partial charge in [0.05, 0.1) is 6.10 Å². The standard InChI is InChI=1S/C15H22ClNO/c1-11(2)10-18-15(9-17-12-7-8-12)13-5-3-4-6-14(13)16/h3-6,11-12,15,17H,7-10H2,1-2H3. The minimum atomic E-state index is 0.0571. The number of hydrogen-bond donors (Lipinski definition) is 1. The summed E-state index contributed by atoms with van der Waals surface area (Å²) >= 11 is 6.26. The molecule has 1 aromatic carbocycles. The lowest BCUT2D eigenvalue weighted by molar-refractivity contribution is 0.0350. The molecule has 1 unspecified atom stereocenters. The van der Waals surface area contributed by atoms with Crippen LogP contribution in [0.1, 0.15) is 38.4 Å². The summed E-state index contributed by atoms with van der Waals surface area (Å²) in [5, 5.41) is 4.32. The molecule has 2 nitrogen and oxygen atoms in total. The maximum Gasteiger partial charge on any atom is 0.0963 e. The average Bonchev–Trinajstić information content (AvgIpc) is 3.14. The van der Waals surface area contributed by atoms with Gasteiger partial charge < -0.3 is 10.1 Å². The van der Waals surface area contributed by atoms with Crippen LogP contribution in [-0.4, -0.2) is 19.2 Å². The Kier molecular flexibility index (Phi) is 5.04. The third kappa shape index (κ3) is 4.27. The molecule has 1 aliphatic rings. The second kappa shape index (κ2) is 6.55. The monoisotopic (exact) mass is 267 g/mol. The summed E-state index contributed by atoms with van der Waals surface area (Å²) < 4.78 is 6.00. The Balaban J connectivity index is 1.99. The van der Waals surface area contributed by atoms with Crippen molar-refractivity contribution in [1.29, 1.82) is 0 Å². The van der Waals surface area contributed by atoms with Gasteiger partial charge in [-0.25, -0.2) is 0 Å². The van der Waals surface area contributed by atoms with Gasteiger partial charge in [0.2, 0.25) is 0 Å². The lowest BCUT2D eigenvalue weighted by atomic mass is 10.1. The molecule has 0 spiro atoms. The maximum atomic E-state index is 6.26. The van der Waals surface area contributed by atoms with Gasteiger partial charge in [0, 0.05) is 29.8 Å². The highest BCUT2D eigenvalue weighted by Crippen LogP contribution is 2.27. The first kappa shape index (κ1) is 13.9. The summed E-state index contributed by atoms with van der Waals surface area (Å²) in [7, 11) is 0. The van der Waals surface area contributed by atoms with E-state index in [9.17, 15) is 0 Å². The number of halogens is 1. The molecule has 0 amide bonds. The molecule has 0 heterocycles. The van der Waals surface area contributed by atoms with Crippen molar-refractivity contribution in [2.45, 2.75) is 38.8 Å². The second-order valence-electron chi connectivity index (χ2n) is 5.42. The molecule has 1 fully saturated rings. The summed E-state index contributed by atoms with van der Waals surface area (Å²) in [6.45, 7) is 5.94. The van der Waals surface area contributed by atoms with E-state index in [4.69, 9.17) is 16.3 Å². The van der Waals surface area contributed by atoms with Crippen molar-refractivity contribution in [3.05, 3.63) is 34.9 Å². The highest BCUT2D eigenvalue weighted by atomic mass is 35.5. The SMILES string of the molecule is CC(C)COC(CNC1CC1)c1ccccc1Cl. The van der Waals surface area contributed by atoms with Gasteiger partial charge in [-0.15, -0.1) is 0 Å². The van der Waals surface area contributed by atoms with Crippen LogP contribution in [0.25, 0.3) is 0 Å². The van der Waals surface area contributed by atoms with Gasteiger partial charge in [0.15, 0.2) is 0 Å². The molecule has 0 bridgehead atoms. The highest BCUT2D eigenvalue weighted by molar-refractivity contribution is 6.31. The number of ether oxygens (including phenoxy) is 1. The summed E-state index contributed by atoms with van der Waals surface area (Å²) in [5.74, 6) is 0.538. The van der Waals surface area contributed by atoms with E-state index in [0.29, 0.717) is 12.0 Å². The van der Waals surface area contributed by atoms with Gasteiger partial charge in [-0.1, -0.05) is 43.6 Å². The Morgan fingerprint density at radius 3 is 2.67 bits per heavy atom. The molecule has 0 aliphatic heterocycles. The fourth-order valence-corrected chi connectivity index (χ4v) is 2.12. The number of rotatable bonds is 7. The molecule has 2 rings (SSSR count). The third-order valence-electron chi connectivity index (χ3n) is 3.05. The van der Waals surface area contributed by atoms with Crippen molar-refractivity contribution in [2.24, 2.45) is 5.92 Å². The molecular formula is C15H22ClNO. The lowest BCUT2D eigenvalue weighted by Gasteiger charge is -2.21. The Morgan fingerprint density at radius 2 is 2.06 bits per heavy atom. The van der Waals surface area contributed by atoms with Gasteiger partial charge in [-0.2, -0.15) is 0 Å². The van der Waals surface area contributed by atoms with E-state index in [-0.39, 0.29) is 6.10 Å². The van der Waals surface area contributed by atoms with E-state index in [0.717, 1.165) is 23.7 Å². The summed E-state index contributed by atoms with van der Waals surface area (Å²) in [5.41, 5.74) is 1.09. The molecular weight excluding hydrogens is 246 g/mol. The smallest absolute Gasteiger partial charge is 0.0963 e. The molecule has 1 atom stereocenters. The molecule has 18 heavy (non-hydrogen) atoms. The van der Waals surface area contributed by atoms with Crippen LogP contribution in [0.3, 0.4) is 0 Å². The van der Waals surface area contributed by atoms with Crippen LogP contribution in [0, 0.1) is 5.92 Å². The van der Waals surface area contributed by atoms with Crippen molar-refractivity contribution in [3.8, 4) is 0 Å². The van der Waals surface area contributed by atoms with Crippen LogP contribution < -0.4 is 5.32 Å². The van der Waals surface area contributed by atoms with E-state index in [2.05, 4.69) is 25.2 Å². The van der Waals surface area contributed by atoms with Crippen LogP contribution in [0.15, 0.2) is 24.3 Å². The molecule has 0 aromatic heterocycles. The van der Waals surface area contributed by atoms with Crippen LogP contribution in [-0.2, 0) is 4.74 Å². The predicted molar refractivity (Wildman–Crippen MR) is 76.0 cm³/mol. The van der Waals surface area contributed by atoms with Crippen molar-refractivity contribution in [1.82, 2.24) is 5.32 Å². The minimum absolute atomic E-state index is 0.0571. The van der Waals surface area contributed by atoms with Gasteiger partial charge in [-0.05, 0) is 24.8 Å². The third-order valence-corrected chi connectivity index (χ3v) is 3.40. The van der Waals surface area contributed by atoms with Gasteiger partial charge >= 0.3 is 0 Å². The zero-order valence-corrected chi connectivity index (χ0v) is 11.9. The summed E-state index contributed by atoms with van der Waals surface area (Å²) in [6, 6.07) is 8.66. The summed E-state index contributed by atoms with van der Waals surface area (Å²) in [6.07, 6.45) is 2.64. The van der Waals surface area contributed by atoms with E-state index < -0.39 is 0 Å². The van der Waals surface area contributed by atoms with Crippen LogP contribution in [0.5, 0.6) is 0 Å². The fraction of sp³-hybridized carbons (Fsp3) is 0.600. The van der Waals surface area contributed by atoms with E-state index in [1.54, 1.807) is 0 Å². The molecule has 1 aromatic rings. The first-order valence-electron chi connectivity index (χ1n) is 6.76. The van der Waals surface area contributed by atoms with Crippen LogP contribution in [0.4, 0.5) is 0 Å². The lowest BCUT2D eigenvalue weighted by Crippen LogP contribution is -2.26. The molecule has 0 radical (unpaired) electrons. The van der Waals surface area contributed by atoms with Gasteiger partial charge in [0.1, 0.15) is 0 Å². The normalized spacial score (nSPS) is 17.1. The largest absolute Gasteiger partial charge is 0.372 e. The zero-order chi connectivity index (χ0) is 13.0. The molecule has 100 valence electrons. The van der Waals surface area contributed by atoms with E-state index in [1.807, 2.05) is 18.2 Å². The Hall–Kier alpha value is -0.570. The first-order valence-corrected chi connectivity index (χ1v) is 7.14. The van der Waals surface area contributed by atoms with Gasteiger partial charge in [-0.3, -0.25) is 0 Å². The van der Waals surface area contributed by atoms with Crippen LogP contribution in [0.2, 0.25) is 5.02 Å². The Morgan fingerprint density at radius 1 is 1.33 bits per heavy atom. The average molecular weight is 268 g/mol. The quantitative estimate of drug-likeness (QED) is 0.811. The number of hydrogen-bond acceptors (Lipinski definition) is 2.